The van der Waals surface area contributed by atoms with Gasteiger partial charge >= 0.3 is 0 Å². The standard InChI is InChI=1S/C25H35N3O3S/c1-17(2)13-24(29)27(4)23(15-19-7-6-8-21(14-19)31-5)20-9-11-28(12-10-20)25(30)22-16-32-18(3)26-22/h6-8,14,16-17,20,23H,9-13,15H2,1-5H3/t23-/m0/s1. The van der Waals surface area contributed by atoms with Crippen LogP contribution in [0.4, 0.5) is 0 Å². The van der Waals surface area contributed by atoms with Gasteiger partial charge in [0.15, 0.2) is 0 Å². The predicted molar refractivity (Wildman–Crippen MR) is 128 cm³/mol. The number of piperidine rings is 1. The molecule has 32 heavy (non-hydrogen) atoms. The summed E-state index contributed by atoms with van der Waals surface area (Å²) >= 11 is 1.51. The van der Waals surface area contributed by atoms with Gasteiger partial charge in [-0.3, -0.25) is 9.59 Å². The van der Waals surface area contributed by atoms with E-state index in [9.17, 15) is 9.59 Å². The van der Waals surface area contributed by atoms with E-state index in [0.717, 1.165) is 35.6 Å². The minimum Gasteiger partial charge on any atom is -0.497 e. The summed E-state index contributed by atoms with van der Waals surface area (Å²) in [7, 11) is 3.61. The molecule has 1 saturated heterocycles. The quantitative estimate of drug-likeness (QED) is 0.588. The topological polar surface area (TPSA) is 62.7 Å². The van der Waals surface area contributed by atoms with E-state index in [4.69, 9.17) is 4.74 Å². The number of likely N-dealkylation sites (tertiary alicyclic amines) is 1. The van der Waals surface area contributed by atoms with E-state index in [0.29, 0.717) is 37.0 Å². The molecule has 1 aromatic heterocycles. The van der Waals surface area contributed by atoms with Crippen LogP contribution >= 0.6 is 11.3 Å². The molecule has 2 amide bonds. The summed E-state index contributed by atoms with van der Waals surface area (Å²) < 4.78 is 5.40. The van der Waals surface area contributed by atoms with Crippen LogP contribution in [0.1, 0.15) is 54.2 Å². The number of thiazole rings is 1. The zero-order chi connectivity index (χ0) is 23.3. The van der Waals surface area contributed by atoms with Crippen LogP contribution in [0.2, 0.25) is 0 Å². The fraction of sp³-hybridized carbons (Fsp3) is 0.560. The highest BCUT2D eigenvalue weighted by Crippen LogP contribution is 2.29. The number of carbonyl (C=O) groups excluding carboxylic acids is 2. The number of carbonyl (C=O) groups is 2. The maximum atomic E-state index is 12.9. The van der Waals surface area contributed by atoms with Crippen molar-refractivity contribution in [2.24, 2.45) is 11.8 Å². The van der Waals surface area contributed by atoms with Gasteiger partial charge in [0.2, 0.25) is 5.91 Å². The van der Waals surface area contributed by atoms with E-state index in [2.05, 4.69) is 31.0 Å². The van der Waals surface area contributed by atoms with Gasteiger partial charge in [0.1, 0.15) is 11.4 Å². The molecule has 7 heteroatoms. The Morgan fingerprint density at radius 1 is 1.28 bits per heavy atom. The Hall–Kier alpha value is -2.41. The highest BCUT2D eigenvalue weighted by molar-refractivity contribution is 7.09. The Bertz CT molecular complexity index is 919. The highest BCUT2D eigenvalue weighted by Gasteiger charge is 2.33. The van der Waals surface area contributed by atoms with Crippen LogP contribution in [0.25, 0.3) is 0 Å². The van der Waals surface area contributed by atoms with Crippen molar-refractivity contribution in [1.29, 1.82) is 0 Å². The van der Waals surface area contributed by atoms with Crippen LogP contribution in [0.15, 0.2) is 29.6 Å². The lowest BCUT2D eigenvalue weighted by Gasteiger charge is -2.40. The third-order valence-electron chi connectivity index (χ3n) is 6.26. The maximum Gasteiger partial charge on any atom is 0.273 e. The molecule has 1 aliphatic rings. The lowest BCUT2D eigenvalue weighted by atomic mass is 9.84. The fourth-order valence-electron chi connectivity index (χ4n) is 4.45. The van der Waals surface area contributed by atoms with Crippen molar-refractivity contribution < 1.29 is 14.3 Å². The predicted octanol–water partition coefficient (Wildman–Crippen LogP) is 4.43. The number of likely N-dealkylation sites (N-methyl/N-ethyl adjacent to an activating group) is 1. The number of benzene rings is 1. The first kappa shape index (κ1) is 24.2. The molecule has 6 nitrogen and oxygen atoms in total. The largest absolute Gasteiger partial charge is 0.497 e. The molecule has 174 valence electrons. The zero-order valence-electron chi connectivity index (χ0n) is 19.8. The molecule has 0 N–H and O–H groups in total. The van der Waals surface area contributed by atoms with E-state index < -0.39 is 0 Å². The average Bonchev–Trinajstić information content (AvgIpc) is 3.22. The Morgan fingerprint density at radius 2 is 2.00 bits per heavy atom. The number of ether oxygens (including phenoxy) is 1. The molecule has 2 heterocycles. The Kier molecular flexibility index (Phi) is 8.29. The number of rotatable bonds is 8. The fourth-order valence-corrected chi connectivity index (χ4v) is 5.04. The molecule has 1 aliphatic heterocycles. The number of amides is 2. The number of aromatic nitrogens is 1. The van der Waals surface area contributed by atoms with Gasteiger partial charge in [0.25, 0.3) is 5.91 Å². The van der Waals surface area contributed by atoms with Gasteiger partial charge in [-0.1, -0.05) is 26.0 Å². The van der Waals surface area contributed by atoms with Crippen LogP contribution in [-0.4, -0.2) is 59.9 Å². The van der Waals surface area contributed by atoms with Crippen LogP contribution in [0.5, 0.6) is 5.75 Å². The SMILES string of the molecule is COc1cccc(C[C@@H](C2CCN(C(=O)c3csc(C)n3)CC2)N(C)C(=O)CC(C)C)c1. The van der Waals surface area contributed by atoms with Crippen molar-refractivity contribution in [3.63, 3.8) is 0 Å². The van der Waals surface area contributed by atoms with Gasteiger partial charge in [0.05, 0.1) is 12.1 Å². The maximum absolute atomic E-state index is 12.9. The second kappa shape index (κ2) is 10.9. The molecule has 0 unspecified atom stereocenters. The lowest BCUT2D eigenvalue weighted by molar-refractivity contribution is -0.134. The first-order chi connectivity index (χ1) is 15.3. The second-order valence-electron chi connectivity index (χ2n) is 9.11. The molecule has 0 saturated carbocycles. The number of hydrogen-bond acceptors (Lipinski definition) is 5. The number of aryl methyl sites for hydroxylation is 1. The Balaban J connectivity index is 1.72. The summed E-state index contributed by atoms with van der Waals surface area (Å²) in [6.07, 6.45) is 3.08. The minimum absolute atomic E-state index is 0.0152. The first-order valence-electron chi connectivity index (χ1n) is 11.4. The number of nitrogens with zero attached hydrogens (tertiary/aromatic N) is 3. The number of hydrogen-bond donors (Lipinski definition) is 0. The van der Waals surface area contributed by atoms with Gasteiger partial charge < -0.3 is 14.5 Å². The van der Waals surface area contributed by atoms with Gasteiger partial charge in [0, 0.05) is 38.0 Å². The highest BCUT2D eigenvalue weighted by atomic mass is 32.1. The molecule has 0 radical (unpaired) electrons. The molecule has 2 aromatic rings. The molecule has 1 fully saturated rings. The third kappa shape index (κ3) is 6.09. The molecule has 3 rings (SSSR count). The molecular formula is C25H35N3O3S. The average molecular weight is 458 g/mol. The summed E-state index contributed by atoms with van der Waals surface area (Å²) in [5.41, 5.74) is 1.71. The summed E-state index contributed by atoms with van der Waals surface area (Å²) in [6, 6.07) is 8.18. The van der Waals surface area contributed by atoms with Crippen molar-refractivity contribution in [1.82, 2.24) is 14.8 Å². The zero-order valence-corrected chi connectivity index (χ0v) is 20.7. The van der Waals surface area contributed by atoms with E-state index >= 15 is 0 Å². The Labute approximate surface area is 195 Å². The van der Waals surface area contributed by atoms with E-state index in [1.54, 1.807) is 7.11 Å². The summed E-state index contributed by atoms with van der Waals surface area (Å²) in [5, 5.41) is 2.75. The van der Waals surface area contributed by atoms with Crippen molar-refractivity contribution in [2.75, 3.05) is 27.2 Å². The molecular weight excluding hydrogens is 422 g/mol. The molecule has 1 aromatic carbocycles. The molecule has 1 atom stereocenters. The van der Waals surface area contributed by atoms with Crippen molar-refractivity contribution in [3.8, 4) is 5.75 Å². The van der Waals surface area contributed by atoms with E-state index in [1.165, 1.54) is 11.3 Å². The van der Waals surface area contributed by atoms with Crippen molar-refractivity contribution >= 4 is 23.2 Å². The minimum atomic E-state index is 0.0152. The molecule has 0 aliphatic carbocycles. The van der Waals surface area contributed by atoms with E-state index in [1.807, 2.05) is 41.3 Å². The summed E-state index contributed by atoms with van der Waals surface area (Å²) in [5.74, 6) is 1.69. The van der Waals surface area contributed by atoms with Crippen LogP contribution in [-0.2, 0) is 11.2 Å². The van der Waals surface area contributed by atoms with E-state index in [-0.39, 0.29) is 17.9 Å². The summed E-state index contributed by atoms with van der Waals surface area (Å²) in [4.78, 5) is 34.0. The van der Waals surface area contributed by atoms with Gasteiger partial charge in [-0.2, -0.15) is 0 Å². The smallest absolute Gasteiger partial charge is 0.273 e. The molecule has 0 spiro atoms. The first-order valence-corrected chi connectivity index (χ1v) is 12.3. The third-order valence-corrected chi connectivity index (χ3v) is 7.04. The van der Waals surface area contributed by atoms with Crippen LogP contribution in [0.3, 0.4) is 0 Å². The lowest BCUT2D eigenvalue weighted by Crippen LogP contribution is -2.48. The monoisotopic (exact) mass is 457 g/mol. The Morgan fingerprint density at radius 3 is 2.59 bits per heavy atom. The van der Waals surface area contributed by atoms with Crippen LogP contribution in [0, 0.1) is 18.8 Å². The van der Waals surface area contributed by atoms with Gasteiger partial charge in [-0.15, -0.1) is 11.3 Å². The van der Waals surface area contributed by atoms with Gasteiger partial charge in [-0.25, -0.2) is 4.98 Å². The number of methoxy groups -OCH3 is 1. The normalized spacial score (nSPS) is 15.6. The van der Waals surface area contributed by atoms with Crippen molar-refractivity contribution in [2.45, 2.75) is 52.5 Å². The van der Waals surface area contributed by atoms with Crippen LogP contribution < -0.4 is 4.74 Å². The van der Waals surface area contributed by atoms with Gasteiger partial charge in [-0.05, 0) is 55.7 Å². The van der Waals surface area contributed by atoms with Crippen molar-refractivity contribution in [3.05, 3.63) is 45.9 Å². The summed E-state index contributed by atoms with van der Waals surface area (Å²) in [6.45, 7) is 7.46. The molecule has 0 bridgehead atoms. The second-order valence-corrected chi connectivity index (χ2v) is 10.2.